The first-order valence-electron chi connectivity index (χ1n) is 6.47. The van der Waals surface area contributed by atoms with Crippen molar-refractivity contribution in [3.05, 3.63) is 29.8 Å². The molecule has 0 amide bonds. The summed E-state index contributed by atoms with van der Waals surface area (Å²) in [7, 11) is 0. The van der Waals surface area contributed by atoms with E-state index in [1.807, 2.05) is 36.0 Å². The van der Waals surface area contributed by atoms with Crippen molar-refractivity contribution in [3.8, 4) is 5.75 Å². The second kappa shape index (κ2) is 6.82. The van der Waals surface area contributed by atoms with Gasteiger partial charge in [0.1, 0.15) is 11.9 Å². The Morgan fingerprint density at radius 2 is 2.32 bits per heavy atom. The van der Waals surface area contributed by atoms with Crippen molar-refractivity contribution in [3.63, 3.8) is 0 Å². The monoisotopic (exact) mass is 281 g/mol. The Morgan fingerprint density at radius 1 is 1.53 bits per heavy atom. The van der Waals surface area contributed by atoms with Crippen molar-refractivity contribution in [1.29, 1.82) is 0 Å². The average molecular weight is 281 g/mol. The molecule has 104 valence electrons. The molecule has 1 aromatic rings. The fraction of sp³-hybridized carbons (Fsp3) is 0.500. The minimum absolute atomic E-state index is 0.0835. The van der Waals surface area contributed by atoms with E-state index in [1.165, 1.54) is 12.2 Å². The maximum Gasteiger partial charge on any atom is 0.305 e. The number of para-hydroxylation sites is 1. The second-order valence-electron chi connectivity index (χ2n) is 4.70. The molecule has 3 N–H and O–H groups in total. The van der Waals surface area contributed by atoms with E-state index in [-0.39, 0.29) is 12.5 Å². The Kier molecular flexibility index (Phi) is 5.10. The van der Waals surface area contributed by atoms with Crippen molar-refractivity contribution in [2.45, 2.75) is 31.4 Å². The van der Waals surface area contributed by atoms with Gasteiger partial charge in [0, 0.05) is 17.4 Å². The Balaban J connectivity index is 2.08. The predicted molar refractivity (Wildman–Crippen MR) is 76.6 cm³/mol. The Hall–Kier alpha value is -1.20. The molecule has 1 aliphatic rings. The Morgan fingerprint density at radius 3 is 3.00 bits per heavy atom. The molecule has 0 aromatic heterocycles. The first-order valence-corrected chi connectivity index (χ1v) is 7.63. The van der Waals surface area contributed by atoms with Gasteiger partial charge in [-0.05, 0) is 24.7 Å². The van der Waals surface area contributed by atoms with E-state index in [0.29, 0.717) is 0 Å². The van der Waals surface area contributed by atoms with E-state index in [2.05, 4.69) is 0 Å². The molecule has 0 radical (unpaired) electrons. The fourth-order valence-electron chi connectivity index (χ4n) is 2.18. The zero-order valence-electron chi connectivity index (χ0n) is 10.7. The van der Waals surface area contributed by atoms with Crippen LogP contribution >= 0.6 is 11.8 Å². The van der Waals surface area contributed by atoms with Crippen LogP contribution in [0.4, 0.5) is 0 Å². The highest BCUT2D eigenvalue weighted by molar-refractivity contribution is 7.99. The molecule has 19 heavy (non-hydrogen) atoms. The number of nitrogens with two attached hydrogens (primary N) is 1. The summed E-state index contributed by atoms with van der Waals surface area (Å²) in [5.41, 5.74) is 6.71. The smallest absolute Gasteiger partial charge is 0.305 e. The van der Waals surface area contributed by atoms with E-state index in [0.717, 1.165) is 23.5 Å². The van der Waals surface area contributed by atoms with Gasteiger partial charge in [0.25, 0.3) is 0 Å². The Labute approximate surface area is 117 Å². The van der Waals surface area contributed by atoms with Crippen LogP contribution in [0.3, 0.4) is 0 Å². The summed E-state index contributed by atoms with van der Waals surface area (Å²) in [6, 6.07) is 6.95. The van der Waals surface area contributed by atoms with E-state index in [1.54, 1.807) is 0 Å². The van der Waals surface area contributed by atoms with Gasteiger partial charge in [-0.3, -0.25) is 4.79 Å². The summed E-state index contributed by atoms with van der Waals surface area (Å²) in [5.74, 6) is 2.02. The van der Waals surface area contributed by atoms with Gasteiger partial charge >= 0.3 is 5.97 Å². The number of thioether (sulfide) groups is 1. The zero-order chi connectivity index (χ0) is 13.7. The largest absolute Gasteiger partial charge is 0.489 e. The molecule has 5 heteroatoms. The molecular weight excluding hydrogens is 262 g/mol. The van der Waals surface area contributed by atoms with E-state index >= 15 is 0 Å². The van der Waals surface area contributed by atoms with Crippen LogP contribution in [-0.4, -0.2) is 28.7 Å². The summed E-state index contributed by atoms with van der Waals surface area (Å²) >= 11 is 1.90. The number of benzene rings is 1. The first-order chi connectivity index (χ1) is 9.16. The SMILES string of the molecule is NC(CC(=O)O)c1ccccc1OC1CCCSC1. The van der Waals surface area contributed by atoms with Crippen LogP contribution < -0.4 is 10.5 Å². The van der Waals surface area contributed by atoms with Crippen LogP contribution in [0.5, 0.6) is 5.75 Å². The van der Waals surface area contributed by atoms with Gasteiger partial charge in [-0.25, -0.2) is 0 Å². The van der Waals surface area contributed by atoms with Gasteiger partial charge in [-0.2, -0.15) is 11.8 Å². The van der Waals surface area contributed by atoms with Crippen molar-refractivity contribution < 1.29 is 14.6 Å². The lowest BCUT2D eigenvalue weighted by atomic mass is 10.0. The molecular formula is C14H19NO3S. The highest BCUT2D eigenvalue weighted by Gasteiger charge is 2.19. The minimum atomic E-state index is -0.893. The van der Waals surface area contributed by atoms with Gasteiger partial charge < -0.3 is 15.6 Å². The van der Waals surface area contributed by atoms with Crippen LogP contribution in [0.25, 0.3) is 0 Å². The number of aliphatic carboxylic acids is 1. The number of carbonyl (C=O) groups is 1. The van der Waals surface area contributed by atoms with Gasteiger partial charge in [0.15, 0.2) is 0 Å². The fourth-order valence-corrected chi connectivity index (χ4v) is 3.21. The molecule has 4 nitrogen and oxygen atoms in total. The predicted octanol–water partition coefficient (Wildman–Crippen LogP) is 2.44. The molecule has 2 unspecified atom stereocenters. The van der Waals surface area contributed by atoms with Crippen LogP contribution in [0.2, 0.25) is 0 Å². The molecule has 0 aliphatic carbocycles. The lowest BCUT2D eigenvalue weighted by molar-refractivity contribution is -0.137. The summed E-state index contributed by atoms with van der Waals surface area (Å²) in [5, 5.41) is 8.83. The zero-order valence-corrected chi connectivity index (χ0v) is 11.6. The van der Waals surface area contributed by atoms with Crippen LogP contribution in [0, 0.1) is 0 Å². The molecule has 1 aromatic carbocycles. The third kappa shape index (κ3) is 4.14. The maximum atomic E-state index is 10.8. The number of hydrogen-bond acceptors (Lipinski definition) is 4. The van der Waals surface area contributed by atoms with Gasteiger partial charge in [0.2, 0.25) is 0 Å². The van der Waals surface area contributed by atoms with Crippen molar-refractivity contribution in [2.24, 2.45) is 5.73 Å². The highest BCUT2D eigenvalue weighted by atomic mass is 32.2. The van der Waals surface area contributed by atoms with E-state index in [9.17, 15) is 4.79 Å². The number of carboxylic acids is 1. The lowest BCUT2D eigenvalue weighted by Crippen LogP contribution is -2.25. The molecule has 2 rings (SSSR count). The highest BCUT2D eigenvalue weighted by Crippen LogP contribution is 2.29. The molecule has 0 saturated carbocycles. The molecule has 0 bridgehead atoms. The van der Waals surface area contributed by atoms with Gasteiger partial charge in [-0.15, -0.1) is 0 Å². The normalized spacial score (nSPS) is 20.8. The van der Waals surface area contributed by atoms with Crippen molar-refractivity contribution in [1.82, 2.24) is 0 Å². The number of hydrogen-bond donors (Lipinski definition) is 2. The van der Waals surface area contributed by atoms with Crippen LogP contribution in [0.15, 0.2) is 24.3 Å². The maximum absolute atomic E-state index is 10.8. The van der Waals surface area contributed by atoms with Crippen LogP contribution in [-0.2, 0) is 4.79 Å². The summed E-state index contributed by atoms with van der Waals surface area (Å²) < 4.78 is 6.00. The molecule has 1 fully saturated rings. The van der Waals surface area contributed by atoms with Gasteiger partial charge in [0.05, 0.1) is 6.42 Å². The average Bonchev–Trinajstić information content (AvgIpc) is 2.39. The molecule has 1 saturated heterocycles. The molecule has 2 atom stereocenters. The molecule has 1 heterocycles. The minimum Gasteiger partial charge on any atom is -0.489 e. The summed E-state index contributed by atoms with van der Waals surface area (Å²) in [6.07, 6.45) is 2.34. The van der Waals surface area contributed by atoms with E-state index in [4.69, 9.17) is 15.6 Å². The third-order valence-corrected chi connectivity index (χ3v) is 4.31. The van der Waals surface area contributed by atoms with Crippen molar-refractivity contribution in [2.75, 3.05) is 11.5 Å². The van der Waals surface area contributed by atoms with Crippen LogP contribution in [0.1, 0.15) is 30.9 Å². The summed E-state index contributed by atoms with van der Waals surface area (Å²) in [4.78, 5) is 10.8. The third-order valence-electron chi connectivity index (χ3n) is 3.13. The van der Waals surface area contributed by atoms with Crippen molar-refractivity contribution >= 4 is 17.7 Å². The molecule has 0 spiro atoms. The summed E-state index contributed by atoms with van der Waals surface area (Å²) in [6.45, 7) is 0. The molecule has 1 aliphatic heterocycles. The quantitative estimate of drug-likeness (QED) is 0.867. The first kappa shape index (κ1) is 14.2. The standard InChI is InChI=1S/C14H19NO3S/c15-12(8-14(16)17)11-5-1-2-6-13(11)18-10-4-3-7-19-9-10/h1-2,5-6,10,12H,3-4,7-9,15H2,(H,16,17). The Bertz CT molecular complexity index is 432. The number of ether oxygens (including phenoxy) is 1. The number of rotatable bonds is 5. The van der Waals surface area contributed by atoms with Gasteiger partial charge in [-0.1, -0.05) is 18.2 Å². The lowest BCUT2D eigenvalue weighted by Gasteiger charge is -2.25. The topological polar surface area (TPSA) is 72.6 Å². The number of carboxylic acid groups (broad SMARTS) is 1. The van der Waals surface area contributed by atoms with E-state index < -0.39 is 12.0 Å². The second-order valence-corrected chi connectivity index (χ2v) is 5.85.